The first kappa shape index (κ1) is 21.4. The van der Waals surface area contributed by atoms with Gasteiger partial charge < -0.3 is 9.47 Å². The first-order chi connectivity index (χ1) is 13.1. The van der Waals surface area contributed by atoms with Crippen LogP contribution < -0.4 is 4.74 Å². The Labute approximate surface area is 177 Å². The van der Waals surface area contributed by atoms with Crippen LogP contribution in [0.5, 0.6) is 5.75 Å². The molecule has 2 aliphatic rings. The quantitative estimate of drug-likeness (QED) is 0.625. The van der Waals surface area contributed by atoms with Crippen molar-refractivity contribution in [3.63, 3.8) is 0 Å². The molecule has 1 amide bonds. The minimum Gasteiger partial charge on any atom is -0.493 e. The average molecular weight is 453 g/mol. The van der Waals surface area contributed by atoms with Gasteiger partial charge in [0.1, 0.15) is 11.4 Å². The zero-order valence-corrected chi connectivity index (χ0v) is 19.3. The number of ether oxygens (including phenoxy) is 2. The Morgan fingerprint density at radius 3 is 2.54 bits per heavy atom. The van der Waals surface area contributed by atoms with Crippen LogP contribution in [0.15, 0.2) is 22.7 Å². The minimum atomic E-state index is -0.451. The Hall–Kier alpha value is -1.27. The summed E-state index contributed by atoms with van der Waals surface area (Å²) in [7, 11) is 0. The normalized spacial score (nSPS) is 19.2. The second kappa shape index (κ2) is 8.23. The lowest BCUT2D eigenvalue weighted by molar-refractivity contribution is -0.00808. The third-order valence-electron chi connectivity index (χ3n) is 5.09. The number of benzene rings is 1. The van der Waals surface area contributed by atoms with E-state index in [9.17, 15) is 4.79 Å². The topological polar surface area (TPSA) is 42.0 Å². The molecule has 0 bridgehead atoms. The van der Waals surface area contributed by atoms with Crippen LogP contribution in [0.2, 0.25) is 0 Å². The summed E-state index contributed by atoms with van der Waals surface area (Å²) in [4.78, 5) is 17.0. The van der Waals surface area contributed by atoms with Crippen molar-refractivity contribution in [1.82, 2.24) is 9.80 Å². The van der Waals surface area contributed by atoms with Crippen LogP contribution >= 0.6 is 15.9 Å². The molecular formula is C22H33BrN2O3. The van der Waals surface area contributed by atoms with Crippen molar-refractivity contribution < 1.29 is 14.3 Å². The van der Waals surface area contributed by atoms with Crippen LogP contribution in [0.3, 0.4) is 0 Å². The summed E-state index contributed by atoms with van der Waals surface area (Å²) < 4.78 is 12.6. The van der Waals surface area contributed by atoms with Gasteiger partial charge in [-0.05, 0) is 63.3 Å². The van der Waals surface area contributed by atoms with Gasteiger partial charge in [0.05, 0.1) is 12.1 Å². The summed E-state index contributed by atoms with van der Waals surface area (Å²) >= 11 is 3.61. The van der Waals surface area contributed by atoms with E-state index in [0.717, 1.165) is 49.2 Å². The van der Waals surface area contributed by atoms with Crippen molar-refractivity contribution in [3.05, 3.63) is 28.2 Å². The number of halogens is 1. The highest BCUT2D eigenvalue weighted by atomic mass is 79.9. The van der Waals surface area contributed by atoms with Gasteiger partial charge in [-0.15, -0.1) is 0 Å². The molecule has 1 saturated heterocycles. The van der Waals surface area contributed by atoms with Crippen LogP contribution in [-0.2, 0) is 11.3 Å². The van der Waals surface area contributed by atoms with Gasteiger partial charge in [0, 0.05) is 30.7 Å². The molecule has 0 aromatic heterocycles. The lowest BCUT2D eigenvalue weighted by Crippen LogP contribution is -2.57. The molecule has 1 aromatic carbocycles. The fraction of sp³-hybridized carbons (Fsp3) is 0.682. The molecule has 1 aromatic rings. The molecule has 2 fully saturated rings. The van der Waals surface area contributed by atoms with Gasteiger partial charge >= 0.3 is 6.09 Å². The number of carbonyl (C=O) groups excluding carboxylic acids is 1. The maximum Gasteiger partial charge on any atom is 0.410 e. The Bertz CT molecular complexity index is 710. The monoisotopic (exact) mass is 452 g/mol. The largest absolute Gasteiger partial charge is 0.493 e. The molecule has 156 valence electrons. The lowest BCUT2D eigenvalue weighted by Gasteiger charge is -2.42. The number of hydrogen-bond donors (Lipinski definition) is 0. The zero-order valence-electron chi connectivity index (χ0n) is 17.8. The minimum absolute atomic E-state index is 0.0381. The van der Waals surface area contributed by atoms with Crippen LogP contribution in [0.1, 0.15) is 53.0 Å². The number of nitrogens with zero attached hydrogens (tertiary/aromatic N) is 2. The van der Waals surface area contributed by atoms with Crippen LogP contribution in [0, 0.1) is 5.92 Å². The molecule has 0 unspecified atom stereocenters. The second-order valence-corrected chi connectivity index (χ2v) is 10.5. The Morgan fingerprint density at radius 2 is 1.93 bits per heavy atom. The third-order valence-corrected chi connectivity index (χ3v) is 5.55. The van der Waals surface area contributed by atoms with Gasteiger partial charge in [0.15, 0.2) is 0 Å². The molecule has 6 heteroatoms. The first-order valence-corrected chi connectivity index (χ1v) is 11.0. The van der Waals surface area contributed by atoms with E-state index in [1.807, 2.05) is 31.7 Å². The van der Waals surface area contributed by atoms with E-state index in [-0.39, 0.29) is 11.6 Å². The van der Waals surface area contributed by atoms with Crippen LogP contribution in [0.4, 0.5) is 4.79 Å². The highest BCUT2D eigenvalue weighted by Gasteiger charge is 2.54. The van der Waals surface area contributed by atoms with Gasteiger partial charge in [0.2, 0.25) is 0 Å². The maximum absolute atomic E-state index is 12.6. The van der Waals surface area contributed by atoms with Crippen LogP contribution in [-0.4, -0.2) is 53.3 Å². The summed E-state index contributed by atoms with van der Waals surface area (Å²) in [6.07, 6.45) is 1.95. The van der Waals surface area contributed by atoms with Crippen LogP contribution in [0.25, 0.3) is 0 Å². The van der Waals surface area contributed by atoms with E-state index in [1.165, 1.54) is 5.56 Å². The Morgan fingerprint density at radius 1 is 1.21 bits per heavy atom. The smallest absolute Gasteiger partial charge is 0.410 e. The van der Waals surface area contributed by atoms with Crippen molar-refractivity contribution in [3.8, 4) is 5.75 Å². The van der Waals surface area contributed by atoms with E-state index in [1.54, 1.807) is 0 Å². The zero-order chi connectivity index (χ0) is 20.5. The van der Waals surface area contributed by atoms with Crippen molar-refractivity contribution in [1.29, 1.82) is 0 Å². The number of piperazine rings is 1. The third kappa shape index (κ3) is 5.63. The fourth-order valence-electron chi connectivity index (χ4n) is 3.68. The van der Waals surface area contributed by atoms with E-state index in [2.05, 4.69) is 46.8 Å². The molecular weight excluding hydrogens is 420 g/mol. The SMILES string of the molecule is CC(C)COc1cc(Br)cc(CN2CCN(C(=O)OC(C)(C)C)C3(CC3)C2)c1. The number of carbonyl (C=O) groups is 1. The molecule has 1 heterocycles. The van der Waals surface area contributed by atoms with Gasteiger partial charge in [0.25, 0.3) is 0 Å². The van der Waals surface area contributed by atoms with Gasteiger partial charge in [-0.2, -0.15) is 0 Å². The van der Waals surface area contributed by atoms with E-state index >= 15 is 0 Å². The molecule has 0 N–H and O–H groups in total. The predicted molar refractivity (Wildman–Crippen MR) is 115 cm³/mol. The van der Waals surface area contributed by atoms with E-state index in [4.69, 9.17) is 9.47 Å². The number of rotatable bonds is 5. The molecule has 28 heavy (non-hydrogen) atoms. The molecule has 0 radical (unpaired) electrons. The first-order valence-electron chi connectivity index (χ1n) is 10.2. The lowest BCUT2D eigenvalue weighted by atomic mass is 10.1. The summed E-state index contributed by atoms with van der Waals surface area (Å²) in [5.74, 6) is 1.41. The summed E-state index contributed by atoms with van der Waals surface area (Å²) in [6, 6.07) is 6.31. The predicted octanol–water partition coefficient (Wildman–Crippen LogP) is 5.07. The highest BCUT2D eigenvalue weighted by Crippen LogP contribution is 2.45. The van der Waals surface area contributed by atoms with Crippen molar-refractivity contribution in [2.24, 2.45) is 5.92 Å². The number of amides is 1. The van der Waals surface area contributed by atoms with Gasteiger partial charge in [-0.25, -0.2) is 4.79 Å². The van der Waals surface area contributed by atoms with Gasteiger partial charge in [-0.3, -0.25) is 9.80 Å². The molecule has 3 rings (SSSR count). The van der Waals surface area contributed by atoms with Gasteiger partial charge in [-0.1, -0.05) is 29.8 Å². The van der Waals surface area contributed by atoms with Crippen molar-refractivity contribution in [2.45, 2.75) is 65.1 Å². The maximum atomic E-state index is 12.6. The molecule has 1 aliphatic heterocycles. The average Bonchev–Trinajstić information content (AvgIpc) is 3.30. The Balaban J connectivity index is 1.63. The fourth-order valence-corrected chi connectivity index (χ4v) is 4.20. The molecule has 0 atom stereocenters. The van der Waals surface area contributed by atoms with Crippen molar-refractivity contribution >= 4 is 22.0 Å². The van der Waals surface area contributed by atoms with E-state index < -0.39 is 5.60 Å². The molecule has 1 spiro atoms. The summed E-state index contributed by atoms with van der Waals surface area (Å²) in [6.45, 7) is 14.1. The summed E-state index contributed by atoms with van der Waals surface area (Å²) in [5, 5.41) is 0. The second-order valence-electron chi connectivity index (χ2n) is 9.57. The Kier molecular flexibility index (Phi) is 6.30. The standard InChI is InChI=1S/C22H33BrN2O3/c1-16(2)14-27-19-11-17(10-18(23)12-19)13-24-8-9-25(22(15-24)6-7-22)20(26)28-21(3,4)5/h10-12,16H,6-9,13-15H2,1-5H3. The molecule has 1 saturated carbocycles. The summed E-state index contributed by atoms with van der Waals surface area (Å²) in [5.41, 5.74) is 0.742. The molecule has 5 nitrogen and oxygen atoms in total. The highest BCUT2D eigenvalue weighted by molar-refractivity contribution is 9.10. The molecule has 1 aliphatic carbocycles. The van der Waals surface area contributed by atoms with Crippen molar-refractivity contribution in [2.75, 3.05) is 26.2 Å². The van der Waals surface area contributed by atoms with E-state index in [0.29, 0.717) is 12.5 Å². The number of hydrogen-bond acceptors (Lipinski definition) is 4.